The van der Waals surface area contributed by atoms with Crippen LogP contribution in [0.2, 0.25) is 0 Å². The van der Waals surface area contributed by atoms with Crippen molar-refractivity contribution in [1.82, 2.24) is 5.32 Å². The van der Waals surface area contributed by atoms with Crippen LogP contribution in [0.5, 0.6) is 0 Å². The van der Waals surface area contributed by atoms with Gasteiger partial charge in [0, 0.05) is 28.9 Å². The van der Waals surface area contributed by atoms with Crippen LogP contribution in [-0.4, -0.2) is 28.8 Å². The summed E-state index contributed by atoms with van der Waals surface area (Å²) in [5, 5.41) is 3.31. The monoisotopic (exact) mass is 257 g/mol. The highest BCUT2D eigenvalue weighted by atomic mass is 32.2. The van der Waals surface area contributed by atoms with Gasteiger partial charge in [0.05, 0.1) is 0 Å². The Labute approximate surface area is 105 Å². The van der Waals surface area contributed by atoms with Crippen molar-refractivity contribution >= 4 is 10.8 Å². The molecule has 0 aliphatic heterocycles. The van der Waals surface area contributed by atoms with Gasteiger partial charge >= 0.3 is 0 Å². The third-order valence-electron chi connectivity index (χ3n) is 2.59. The van der Waals surface area contributed by atoms with Crippen molar-refractivity contribution in [3.8, 4) is 0 Å². The molecule has 0 amide bonds. The maximum Gasteiger partial charge on any atom is 0.126 e. The fourth-order valence-corrected chi connectivity index (χ4v) is 2.24. The van der Waals surface area contributed by atoms with E-state index in [2.05, 4.69) is 5.32 Å². The third kappa shape index (κ3) is 5.94. The largest absolute Gasteiger partial charge is 0.314 e. The van der Waals surface area contributed by atoms with E-state index in [1.54, 1.807) is 12.3 Å². The van der Waals surface area contributed by atoms with Gasteiger partial charge < -0.3 is 5.32 Å². The molecule has 0 saturated carbocycles. The molecule has 17 heavy (non-hydrogen) atoms. The standard InChI is InChI=1S/C13H20FNOS/c1-11(15-8-5-9-17(2)16)10-12-6-3-4-7-13(12)14/h3-4,6-7,11,15H,5,8-10H2,1-2H3. The molecule has 2 unspecified atom stereocenters. The molecule has 0 saturated heterocycles. The Bertz CT molecular complexity index is 370. The molecule has 0 spiro atoms. The van der Waals surface area contributed by atoms with E-state index in [0.717, 1.165) is 24.3 Å². The first-order valence-electron chi connectivity index (χ1n) is 5.86. The van der Waals surface area contributed by atoms with Crippen LogP contribution in [0.25, 0.3) is 0 Å². The fraction of sp³-hybridized carbons (Fsp3) is 0.538. The molecule has 0 aliphatic carbocycles. The van der Waals surface area contributed by atoms with Crippen molar-refractivity contribution < 1.29 is 8.60 Å². The number of hydrogen-bond acceptors (Lipinski definition) is 2. The molecule has 0 aliphatic rings. The van der Waals surface area contributed by atoms with E-state index >= 15 is 0 Å². The van der Waals surface area contributed by atoms with Gasteiger partial charge in [-0.2, -0.15) is 0 Å². The lowest BCUT2D eigenvalue weighted by Crippen LogP contribution is -2.29. The summed E-state index contributed by atoms with van der Waals surface area (Å²) in [7, 11) is -0.722. The average Bonchev–Trinajstić information content (AvgIpc) is 2.27. The normalized spacial score (nSPS) is 14.5. The maximum atomic E-state index is 13.4. The van der Waals surface area contributed by atoms with E-state index < -0.39 is 10.8 Å². The molecule has 2 nitrogen and oxygen atoms in total. The Balaban J connectivity index is 2.27. The second-order valence-electron chi connectivity index (χ2n) is 4.28. The molecular weight excluding hydrogens is 237 g/mol. The van der Waals surface area contributed by atoms with Gasteiger partial charge in [-0.15, -0.1) is 0 Å². The number of rotatable bonds is 7. The maximum absolute atomic E-state index is 13.4. The highest BCUT2D eigenvalue weighted by molar-refractivity contribution is 7.84. The molecule has 2 atom stereocenters. The molecule has 0 radical (unpaired) electrons. The SMILES string of the molecule is CC(Cc1ccccc1F)NCCCS(C)=O. The summed E-state index contributed by atoms with van der Waals surface area (Å²) in [5.74, 6) is 0.579. The van der Waals surface area contributed by atoms with Gasteiger partial charge in [0.15, 0.2) is 0 Å². The first-order chi connectivity index (χ1) is 8.09. The summed E-state index contributed by atoms with van der Waals surface area (Å²) in [6.45, 7) is 2.87. The molecule has 1 N–H and O–H groups in total. The van der Waals surface area contributed by atoms with Crippen LogP contribution < -0.4 is 5.32 Å². The first-order valence-corrected chi connectivity index (χ1v) is 7.59. The zero-order chi connectivity index (χ0) is 12.7. The summed E-state index contributed by atoms with van der Waals surface area (Å²) in [6.07, 6.45) is 3.29. The number of hydrogen-bond donors (Lipinski definition) is 1. The number of benzene rings is 1. The second-order valence-corrected chi connectivity index (χ2v) is 5.84. The van der Waals surface area contributed by atoms with Crippen molar-refractivity contribution in [2.24, 2.45) is 0 Å². The highest BCUT2D eigenvalue weighted by Crippen LogP contribution is 2.08. The third-order valence-corrected chi connectivity index (χ3v) is 3.45. The lowest BCUT2D eigenvalue weighted by atomic mass is 10.1. The van der Waals surface area contributed by atoms with Crippen LogP contribution in [0.15, 0.2) is 24.3 Å². The summed E-state index contributed by atoms with van der Waals surface area (Å²) in [5.41, 5.74) is 0.742. The highest BCUT2D eigenvalue weighted by Gasteiger charge is 2.06. The number of nitrogens with one attached hydrogen (secondary N) is 1. The van der Waals surface area contributed by atoms with E-state index in [-0.39, 0.29) is 11.9 Å². The Morgan fingerprint density at radius 2 is 2.12 bits per heavy atom. The van der Waals surface area contributed by atoms with Crippen molar-refractivity contribution in [3.05, 3.63) is 35.6 Å². The van der Waals surface area contributed by atoms with Crippen molar-refractivity contribution in [2.75, 3.05) is 18.6 Å². The minimum atomic E-state index is -0.722. The first kappa shape index (κ1) is 14.3. The molecule has 4 heteroatoms. The van der Waals surface area contributed by atoms with Gasteiger partial charge in [0.25, 0.3) is 0 Å². The van der Waals surface area contributed by atoms with Gasteiger partial charge in [-0.05, 0) is 37.9 Å². The van der Waals surface area contributed by atoms with E-state index in [1.807, 2.05) is 19.1 Å². The molecule has 96 valence electrons. The van der Waals surface area contributed by atoms with Gasteiger partial charge in [0.1, 0.15) is 5.82 Å². The summed E-state index contributed by atoms with van der Waals surface area (Å²) in [4.78, 5) is 0. The molecule has 1 rings (SSSR count). The zero-order valence-electron chi connectivity index (χ0n) is 10.4. The molecule has 0 bridgehead atoms. The van der Waals surface area contributed by atoms with Crippen molar-refractivity contribution in [2.45, 2.75) is 25.8 Å². The molecule has 1 aromatic carbocycles. The Hall–Kier alpha value is -0.740. The molecule has 0 heterocycles. The Morgan fingerprint density at radius 3 is 2.76 bits per heavy atom. The number of halogens is 1. The summed E-state index contributed by atoms with van der Waals surface area (Å²) < 4.78 is 24.2. The summed E-state index contributed by atoms with van der Waals surface area (Å²) >= 11 is 0. The van der Waals surface area contributed by atoms with Crippen LogP contribution in [-0.2, 0) is 17.2 Å². The van der Waals surface area contributed by atoms with E-state index in [9.17, 15) is 8.60 Å². The van der Waals surface area contributed by atoms with Gasteiger partial charge in [-0.3, -0.25) is 4.21 Å². The van der Waals surface area contributed by atoms with Gasteiger partial charge in [-0.1, -0.05) is 18.2 Å². The minimum Gasteiger partial charge on any atom is -0.314 e. The van der Waals surface area contributed by atoms with E-state index in [1.165, 1.54) is 6.07 Å². The van der Waals surface area contributed by atoms with Crippen LogP contribution in [0, 0.1) is 5.82 Å². The summed E-state index contributed by atoms with van der Waals surface area (Å²) in [6, 6.07) is 7.09. The van der Waals surface area contributed by atoms with Crippen molar-refractivity contribution in [1.29, 1.82) is 0 Å². The molecule has 0 fully saturated rings. The van der Waals surface area contributed by atoms with Crippen LogP contribution in [0.3, 0.4) is 0 Å². The lowest BCUT2D eigenvalue weighted by molar-refractivity contribution is 0.525. The Kier molecular flexibility index (Phi) is 6.37. The Morgan fingerprint density at radius 1 is 1.41 bits per heavy atom. The topological polar surface area (TPSA) is 29.1 Å². The quantitative estimate of drug-likeness (QED) is 0.758. The lowest BCUT2D eigenvalue weighted by Gasteiger charge is -2.14. The van der Waals surface area contributed by atoms with Crippen LogP contribution in [0.4, 0.5) is 4.39 Å². The average molecular weight is 257 g/mol. The van der Waals surface area contributed by atoms with Crippen LogP contribution >= 0.6 is 0 Å². The smallest absolute Gasteiger partial charge is 0.126 e. The molecule has 0 aromatic heterocycles. The van der Waals surface area contributed by atoms with Crippen molar-refractivity contribution in [3.63, 3.8) is 0 Å². The van der Waals surface area contributed by atoms with E-state index in [4.69, 9.17) is 0 Å². The van der Waals surface area contributed by atoms with Gasteiger partial charge in [-0.25, -0.2) is 4.39 Å². The van der Waals surface area contributed by atoms with Gasteiger partial charge in [0.2, 0.25) is 0 Å². The minimum absolute atomic E-state index is 0.143. The van der Waals surface area contributed by atoms with E-state index in [0.29, 0.717) is 6.42 Å². The van der Waals surface area contributed by atoms with Crippen LogP contribution in [0.1, 0.15) is 18.9 Å². The molecule has 1 aromatic rings. The predicted molar refractivity (Wildman–Crippen MR) is 71.1 cm³/mol. The molecular formula is C13H20FNOS. The predicted octanol–water partition coefficient (Wildman–Crippen LogP) is 2.11. The zero-order valence-corrected chi connectivity index (χ0v) is 11.2. The second kappa shape index (κ2) is 7.56. The fourth-order valence-electron chi connectivity index (χ4n) is 1.69.